The first-order valence-corrected chi connectivity index (χ1v) is 6.97. The van der Waals surface area contributed by atoms with E-state index in [4.69, 9.17) is 9.47 Å². The van der Waals surface area contributed by atoms with Gasteiger partial charge in [-0.05, 0) is 26.3 Å². The molecule has 0 aliphatic rings. The van der Waals surface area contributed by atoms with Gasteiger partial charge in [0.25, 0.3) is 0 Å². The normalized spacial score (nSPS) is 15.3. The number of hydrogen-bond acceptors (Lipinski definition) is 4. The van der Waals surface area contributed by atoms with Gasteiger partial charge in [0.1, 0.15) is 0 Å². The third kappa shape index (κ3) is 8.03. The lowest BCUT2D eigenvalue weighted by Crippen LogP contribution is -2.48. The minimum atomic E-state index is 0.418. The Kier molecular flexibility index (Phi) is 10.6. The maximum absolute atomic E-state index is 5.25. The molecule has 0 radical (unpaired) electrons. The van der Waals surface area contributed by atoms with Gasteiger partial charge in [-0.2, -0.15) is 0 Å². The van der Waals surface area contributed by atoms with Crippen molar-refractivity contribution in [3.63, 3.8) is 0 Å². The van der Waals surface area contributed by atoms with Crippen molar-refractivity contribution in [3.8, 4) is 0 Å². The van der Waals surface area contributed by atoms with Crippen LogP contribution in [0.5, 0.6) is 0 Å². The van der Waals surface area contributed by atoms with Crippen molar-refractivity contribution in [3.05, 3.63) is 0 Å². The van der Waals surface area contributed by atoms with Crippen LogP contribution < -0.4 is 5.32 Å². The monoisotopic (exact) mass is 260 g/mol. The fourth-order valence-electron chi connectivity index (χ4n) is 2.11. The second kappa shape index (κ2) is 10.7. The van der Waals surface area contributed by atoms with Gasteiger partial charge in [-0.15, -0.1) is 0 Å². The SMILES string of the molecule is COCCN(C(C)CNCC(C)C)C(C)COC. The molecule has 110 valence electrons. The highest BCUT2D eigenvalue weighted by Gasteiger charge is 2.19. The quantitative estimate of drug-likeness (QED) is 0.612. The third-order valence-corrected chi connectivity index (χ3v) is 3.09. The van der Waals surface area contributed by atoms with E-state index >= 15 is 0 Å². The molecule has 0 aliphatic heterocycles. The van der Waals surface area contributed by atoms with E-state index in [0.29, 0.717) is 18.0 Å². The van der Waals surface area contributed by atoms with E-state index < -0.39 is 0 Å². The van der Waals surface area contributed by atoms with Gasteiger partial charge in [0.05, 0.1) is 13.2 Å². The summed E-state index contributed by atoms with van der Waals surface area (Å²) in [4.78, 5) is 2.44. The Morgan fingerprint density at radius 3 is 2.11 bits per heavy atom. The average molecular weight is 260 g/mol. The molecular weight excluding hydrogens is 228 g/mol. The standard InChI is InChI=1S/C14H32N2O2/c1-12(2)9-15-10-13(3)16(7-8-17-5)14(4)11-18-6/h12-15H,7-11H2,1-6H3. The second-order valence-electron chi connectivity index (χ2n) is 5.44. The topological polar surface area (TPSA) is 33.7 Å². The average Bonchev–Trinajstić information content (AvgIpc) is 2.29. The summed E-state index contributed by atoms with van der Waals surface area (Å²) >= 11 is 0. The van der Waals surface area contributed by atoms with Gasteiger partial charge in [-0.1, -0.05) is 13.8 Å². The number of methoxy groups -OCH3 is 2. The minimum absolute atomic E-state index is 0.418. The van der Waals surface area contributed by atoms with Crippen molar-refractivity contribution in [2.45, 2.75) is 39.8 Å². The molecule has 0 heterocycles. The van der Waals surface area contributed by atoms with Gasteiger partial charge in [-0.3, -0.25) is 4.90 Å². The first-order chi connectivity index (χ1) is 8.52. The molecule has 0 aliphatic carbocycles. The molecule has 0 bridgehead atoms. The molecule has 18 heavy (non-hydrogen) atoms. The lowest BCUT2D eigenvalue weighted by molar-refractivity contribution is 0.0516. The molecule has 0 rings (SSSR count). The molecule has 0 spiro atoms. The van der Waals surface area contributed by atoms with Crippen LogP contribution in [0.15, 0.2) is 0 Å². The predicted molar refractivity (Wildman–Crippen MR) is 77.1 cm³/mol. The predicted octanol–water partition coefficient (Wildman–Crippen LogP) is 1.60. The van der Waals surface area contributed by atoms with Crippen LogP contribution in [-0.2, 0) is 9.47 Å². The van der Waals surface area contributed by atoms with Crippen molar-refractivity contribution in [2.75, 3.05) is 47.1 Å². The summed E-state index contributed by atoms with van der Waals surface area (Å²) in [6.07, 6.45) is 0. The first-order valence-electron chi connectivity index (χ1n) is 6.97. The molecule has 0 saturated carbocycles. The van der Waals surface area contributed by atoms with Crippen molar-refractivity contribution < 1.29 is 9.47 Å². The molecule has 4 heteroatoms. The largest absolute Gasteiger partial charge is 0.383 e. The number of ether oxygens (including phenoxy) is 2. The Bertz CT molecular complexity index is 189. The minimum Gasteiger partial charge on any atom is -0.383 e. The summed E-state index contributed by atoms with van der Waals surface area (Å²) in [5.74, 6) is 0.695. The van der Waals surface area contributed by atoms with Crippen LogP contribution in [0.25, 0.3) is 0 Å². The Hall–Kier alpha value is -0.160. The summed E-state index contributed by atoms with van der Waals surface area (Å²) < 4.78 is 10.4. The van der Waals surface area contributed by atoms with Gasteiger partial charge < -0.3 is 14.8 Å². The van der Waals surface area contributed by atoms with Crippen LogP contribution >= 0.6 is 0 Å². The summed E-state index contributed by atoms with van der Waals surface area (Å²) in [5.41, 5.74) is 0. The van der Waals surface area contributed by atoms with Crippen LogP contribution in [0.2, 0.25) is 0 Å². The fraction of sp³-hybridized carbons (Fsp3) is 1.00. The summed E-state index contributed by atoms with van der Waals surface area (Å²) in [6.45, 7) is 13.5. The summed E-state index contributed by atoms with van der Waals surface area (Å²) in [7, 11) is 3.51. The summed E-state index contributed by atoms with van der Waals surface area (Å²) in [5, 5.41) is 3.52. The van der Waals surface area contributed by atoms with Crippen LogP contribution in [0, 0.1) is 5.92 Å². The zero-order valence-electron chi connectivity index (χ0n) is 13.0. The van der Waals surface area contributed by atoms with Crippen LogP contribution in [0.4, 0.5) is 0 Å². The maximum atomic E-state index is 5.25. The van der Waals surface area contributed by atoms with E-state index in [0.717, 1.165) is 32.8 Å². The molecule has 2 atom stereocenters. The van der Waals surface area contributed by atoms with Gasteiger partial charge in [-0.25, -0.2) is 0 Å². The van der Waals surface area contributed by atoms with Crippen LogP contribution in [0.1, 0.15) is 27.7 Å². The highest BCUT2D eigenvalue weighted by atomic mass is 16.5. The third-order valence-electron chi connectivity index (χ3n) is 3.09. The molecule has 0 amide bonds. The Balaban J connectivity index is 4.16. The molecule has 1 N–H and O–H groups in total. The van der Waals surface area contributed by atoms with Gasteiger partial charge in [0, 0.05) is 39.4 Å². The van der Waals surface area contributed by atoms with E-state index in [1.54, 1.807) is 14.2 Å². The Morgan fingerprint density at radius 2 is 1.61 bits per heavy atom. The van der Waals surface area contributed by atoms with Crippen LogP contribution in [-0.4, -0.2) is 64.1 Å². The van der Waals surface area contributed by atoms with E-state index in [-0.39, 0.29) is 0 Å². The maximum Gasteiger partial charge on any atom is 0.0615 e. The fourth-order valence-corrected chi connectivity index (χ4v) is 2.11. The van der Waals surface area contributed by atoms with Crippen molar-refractivity contribution in [2.24, 2.45) is 5.92 Å². The van der Waals surface area contributed by atoms with E-state index in [1.165, 1.54) is 0 Å². The highest BCUT2D eigenvalue weighted by molar-refractivity contribution is 4.75. The molecule has 0 aromatic carbocycles. The molecule has 4 nitrogen and oxygen atoms in total. The zero-order valence-corrected chi connectivity index (χ0v) is 13.0. The van der Waals surface area contributed by atoms with Gasteiger partial charge in [0.2, 0.25) is 0 Å². The van der Waals surface area contributed by atoms with Crippen molar-refractivity contribution in [1.82, 2.24) is 10.2 Å². The Labute approximate surface area is 113 Å². The molecule has 0 aromatic rings. The second-order valence-corrected chi connectivity index (χ2v) is 5.44. The van der Waals surface area contributed by atoms with E-state index in [9.17, 15) is 0 Å². The zero-order chi connectivity index (χ0) is 14.0. The molecular formula is C14H32N2O2. The molecule has 0 fully saturated rings. The summed E-state index contributed by atoms with van der Waals surface area (Å²) in [6, 6.07) is 0.907. The van der Waals surface area contributed by atoms with E-state index in [1.807, 2.05) is 0 Å². The lowest BCUT2D eigenvalue weighted by Gasteiger charge is -2.34. The van der Waals surface area contributed by atoms with Gasteiger partial charge in [0.15, 0.2) is 0 Å². The molecule has 2 unspecified atom stereocenters. The van der Waals surface area contributed by atoms with Crippen LogP contribution in [0.3, 0.4) is 0 Å². The molecule has 0 aromatic heterocycles. The van der Waals surface area contributed by atoms with Crippen molar-refractivity contribution in [1.29, 1.82) is 0 Å². The lowest BCUT2D eigenvalue weighted by atomic mass is 10.2. The van der Waals surface area contributed by atoms with Gasteiger partial charge >= 0.3 is 0 Å². The molecule has 0 saturated heterocycles. The number of rotatable bonds is 11. The van der Waals surface area contributed by atoms with E-state index in [2.05, 4.69) is 37.9 Å². The smallest absolute Gasteiger partial charge is 0.0615 e. The highest BCUT2D eigenvalue weighted by Crippen LogP contribution is 2.06. The number of nitrogens with zero attached hydrogens (tertiary/aromatic N) is 1. The number of nitrogens with one attached hydrogen (secondary N) is 1. The number of hydrogen-bond donors (Lipinski definition) is 1. The first kappa shape index (κ1) is 17.8. The Morgan fingerprint density at radius 1 is 0.944 bits per heavy atom. The van der Waals surface area contributed by atoms with Crippen molar-refractivity contribution >= 4 is 0 Å².